The Morgan fingerprint density at radius 2 is 1.04 bits per heavy atom. The minimum absolute atomic E-state index is 0.118. The van der Waals surface area contributed by atoms with E-state index in [0.717, 1.165) is 44.5 Å². The summed E-state index contributed by atoms with van der Waals surface area (Å²) in [7, 11) is 0. The summed E-state index contributed by atoms with van der Waals surface area (Å²) in [5.41, 5.74) is 8.50. The Morgan fingerprint density at radius 1 is 0.593 bits per heavy atom. The second-order valence-electron chi connectivity index (χ2n) is 13.5. The molecular weight excluding hydrogens is 689 g/mol. The molecule has 0 saturated heterocycles. The summed E-state index contributed by atoms with van der Waals surface area (Å²) in [6.07, 6.45) is -0.477. The standard InChI is InChI=1S/C47H42N2O4S/c1-33(50)44(32-54-47(35-20-8-3-9-21-35,36-22-10-4-11-23-36)37-24-12-5-13-25-37)48-45(51)43(30-34-18-6-2-7-19-34)49-46(52)53-31-42-40-28-16-14-26-38(40)39-27-15-17-29-41(39)42/h2-29,42-44H,30-32H2,1H3,(H,48,51)(H,49,52)/t43-,44+/m1/s1. The van der Waals surface area contributed by atoms with Crippen molar-refractivity contribution in [3.63, 3.8) is 0 Å². The smallest absolute Gasteiger partial charge is 0.407 e. The summed E-state index contributed by atoms with van der Waals surface area (Å²) >= 11 is 1.60. The van der Waals surface area contributed by atoms with E-state index in [9.17, 15) is 14.4 Å². The quantitative estimate of drug-likeness (QED) is 0.109. The maximum Gasteiger partial charge on any atom is 0.407 e. The van der Waals surface area contributed by atoms with E-state index in [1.165, 1.54) is 6.92 Å². The van der Waals surface area contributed by atoms with Gasteiger partial charge in [-0.1, -0.05) is 170 Å². The van der Waals surface area contributed by atoms with E-state index in [-0.39, 0.29) is 30.5 Å². The molecule has 1 aliphatic carbocycles. The van der Waals surface area contributed by atoms with E-state index in [0.29, 0.717) is 0 Å². The average Bonchev–Trinajstić information content (AvgIpc) is 3.54. The van der Waals surface area contributed by atoms with Crippen LogP contribution in [0.2, 0.25) is 0 Å². The highest BCUT2D eigenvalue weighted by Crippen LogP contribution is 2.49. The summed E-state index contributed by atoms with van der Waals surface area (Å²) in [6, 6.07) is 54.7. The third-order valence-electron chi connectivity index (χ3n) is 10.0. The van der Waals surface area contributed by atoms with Gasteiger partial charge in [0.15, 0.2) is 5.78 Å². The predicted octanol–water partition coefficient (Wildman–Crippen LogP) is 8.94. The molecule has 0 aliphatic heterocycles. The number of alkyl carbamates (subject to hydrolysis) is 1. The van der Waals surface area contributed by atoms with Gasteiger partial charge in [0, 0.05) is 18.1 Å². The van der Waals surface area contributed by atoms with Crippen molar-refractivity contribution in [2.24, 2.45) is 0 Å². The number of amides is 2. The van der Waals surface area contributed by atoms with Gasteiger partial charge in [-0.3, -0.25) is 9.59 Å². The number of Topliss-reactive ketones (excluding diaryl/α,β-unsaturated/α-hetero) is 1. The fraction of sp³-hybridized carbons (Fsp3) is 0.170. The first-order chi connectivity index (χ1) is 26.4. The highest BCUT2D eigenvalue weighted by Gasteiger charge is 2.39. The molecule has 2 amide bonds. The highest BCUT2D eigenvalue weighted by atomic mass is 32.2. The maximum atomic E-state index is 14.2. The van der Waals surface area contributed by atoms with E-state index in [1.807, 2.05) is 109 Å². The van der Waals surface area contributed by atoms with Crippen molar-refractivity contribution in [2.45, 2.75) is 36.1 Å². The minimum Gasteiger partial charge on any atom is -0.449 e. The van der Waals surface area contributed by atoms with Gasteiger partial charge in [-0.15, -0.1) is 11.8 Å². The average molecular weight is 731 g/mol. The fourth-order valence-corrected chi connectivity index (χ4v) is 8.99. The first kappa shape index (κ1) is 36.4. The van der Waals surface area contributed by atoms with E-state index in [4.69, 9.17) is 4.74 Å². The maximum absolute atomic E-state index is 14.2. The molecule has 0 fully saturated rings. The van der Waals surface area contributed by atoms with E-state index >= 15 is 0 Å². The normalized spacial score (nSPS) is 13.2. The summed E-state index contributed by atoms with van der Waals surface area (Å²) in [5.74, 6) is -0.484. The topological polar surface area (TPSA) is 84.5 Å². The lowest BCUT2D eigenvalue weighted by Gasteiger charge is -2.36. The van der Waals surface area contributed by atoms with Crippen LogP contribution in [0, 0.1) is 0 Å². The molecule has 0 aromatic heterocycles. The minimum atomic E-state index is -0.989. The molecule has 7 rings (SSSR count). The van der Waals surface area contributed by atoms with Gasteiger partial charge in [0.05, 0.1) is 10.8 Å². The van der Waals surface area contributed by atoms with Gasteiger partial charge >= 0.3 is 6.09 Å². The lowest BCUT2D eigenvalue weighted by molar-refractivity contribution is -0.127. The van der Waals surface area contributed by atoms with Gasteiger partial charge < -0.3 is 15.4 Å². The zero-order chi connectivity index (χ0) is 37.3. The van der Waals surface area contributed by atoms with E-state index in [2.05, 4.69) is 71.3 Å². The van der Waals surface area contributed by atoms with Crippen molar-refractivity contribution >= 4 is 29.5 Å². The van der Waals surface area contributed by atoms with Crippen LogP contribution in [0.1, 0.15) is 46.2 Å². The number of nitrogens with one attached hydrogen (secondary N) is 2. The molecule has 6 aromatic carbocycles. The Hall–Kier alpha value is -5.92. The predicted molar refractivity (Wildman–Crippen MR) is 216 cm³/mol. The molecular formula is C47H42N2O4S. The first-order valence-corrected chi connectivity index (χ1v) is 19.2. The van der Waals surface area contributed by atoms with Crippen LogP contribution >= 0.6 is 11.8 Å². The van der Waals surface area contributed by atoms with Crippen molar-refractivity contribution < 1.29 is 19.1 Å². The van der Waals surface area contributed by atoms with Gasteiger partial charge in [-0.25, -0.2) is 4.79 Å². The van der Waals surface area contributed by atoms with Crippen molar-refractivity contribution in [3.8, 4) is 11.1 Å². The number of fused-ring (bicyclic) bond motifs is 3. The molecule has 0 radical (unpaired) electrons. The zero-order valence-electron chi connectivity index (χ0n) is 30.1. The van der Waals surface area contributed by atoms with Crippen LogP contribution in [0.25, 0.3) is 11.1 Å². The van der Waals surface area contributed by atoms with Crippen LogP contribution in [0.4, 0.5) is 4.79 Å². The van der Waals surface area contributed by atoms with Crippen LogP contribution in [0.5, 0.6) is 0 Å². The molecule has 270 valence electrons. The Balaban J connectivity index is 1.11. The van der Waals surface area contributed by atoms with Gasteiger partial charge in [0.1, 0.15) is 12.6 Å². The van der Waals surface area contributed by atoms with Crippen LogP contribution in [-0.2, 0) is 25.5 Å². The van der Waals surface area contributed by atoms with Crippen LogP contribution < -0.4 is 10.6 Å². The number of hydrogen-bond donors (Lipinski definition) is 2. The molecule has 7 heteroatoms. The Labute approximate surface area is 321 Å². The number of hydrogen-bond acceptors (Lipinski definition) is 5. The summed E-state index contributed by atoms with van der Waals surface area (Å²) < 4.78 is 5.17. The highest BCUT2D eigenvalue weighted by molar-refractivity contribution is 8.00. The number of ketones is 1. The Kier molecular flexibility index (Phi) is 11.4. The molecule has 0 bridgehead atoms. The SMILES string of the molecule is CC(=O)[C@H](CSC(c1ccccc1)(c1ccccc1)c1ccccc1)NC(=O)[C@@H](Cc1ccccc1)NC(=O)OCC1c2ccccc2-c2ccccc21. The molecule has 0 spiro atoms. The molecule has 0 unspecified atom stereocenters. The van der Waals surface area contributed by atoms with Crippen molar-refractivity contribution in [1.29, 1.82) is 0 Å². The van der Waals surface area contributed by atoms with Gasteiger partial charge in [0.2, 0.25) is 5.91 Å². The molecule has 0 heterocycles. The summed E-state index contributed by atoms with van der Waals surface area (Å²) in [4.78, 5) is 41.0. The van der Waals surface area contributed by atoms with Gasteiger partial charge in [0.25, 0.3) is 0 Å². The molecule has 54 heavy (non-hydrogen) atoms. The first-order valence-electron chi connectivity index (χ1n) is 18.2. The summed E-state index contributed by atoms with van der Waals surface area (Å²) in [6.45, 7) is 1.61. The number of ether oxygens (including phenoxy) is 1. The number of rotatable bonds is 14. The van der Waals surface area contributed by atoms with Gasteiger partial charge in [-0.2, -0.15) is 0 Å². The lowest BCUT2D eigenvalue weighted by atomic mass is 9.84. The van der Waals surface area contributed by atoms with E-state index < -0.39 is 28.8 Å². The third-order valence-corrected chi connectivity index (χ3v) is 11.7. The fourth-order valence-electron chi connectivity index (χ4n) is 7.35. The van der Waals surface area contributed by atoms with Crippen LogP contribution in [0.15, 0.2) is 170 Å². The third kappa shape index (κ3) is 7.87. The van der Waals surface area contributed by atoms with Crippen molar-refractivity contribution in [2.75, 3.05) is 12.4 Å². The number of carbonyl (C=O) groups is 3. The molecule has 0 saturated carbocycles. The number of thioether (sulfide) groups is 1. The van der Waals surface area contributed by atoms with Crippen molar-refractivity contribution in [3.05, 3.63) is 203 Å². The van der Waals surface area contributed by atoms with Crippen LogP contribution in [0.3, 0.4) is 0 Å². The van der Waals surface area contributed by atoms with Crippen molar-refractivity contribution in [1.82, 2.24) is 10.6 Å². The molecule has 6 aromatic rings. The molecule has 1 aliphatic rings. The number of carbonyl (C=O) groups excluding carboxylic acids is 3. The Bertz CT molecular complexity index is 2050. The monoisotopic (exact) mass is 730 g/mol. The second-order valence-corrected chi connectivity index (χ2v) is 14.7. The van der Waals surface area contributed by atoms with Crippen LogP contribution in [-0.4, -0.2) is 42.2 Å². The second kappa shape index (κ2) is 16.8. The van der Waals surface area contributed by atoms with E-state index in [1.54, 1.807) is 11.8 Å². The number of benzene rings is 6. The molecule has 2 N–H and O–H groups in total. The lowest BCUT2D eigenvalue weighted by Crippen LogP contribution is -2.53. The zero-order valence-corrected chi connectivity index (χ0v) is 30.9. The van der Waals surface area contributed by atoms with Gasteiger partial charge in [-0.05, 0) is 51.4 Å². The largest absolute Gasteiger partial charge is 0.449 e. The molecule has 6 nitrogen and oxygen atoms in total. The summed E-state index contributed by atoms with van der Waals surface area (Å²) in [5, 5.41) is 5.85. The molecule has 2 atom stereocenters. The Morgan fingerprint density at radius 3 is 1.52 bits per heavy atom.